The summed E-state index contributed by atoms with van der Waals surface area (Å²) in [7, 11) is 0. The van der Waals surface area contributed by atoms with Crippen LogP contribution in [0.15, 0.2) is 140 Å². The molecule has 0 unspecified atom stereocenters. The first-order valence-electron chi connectivity index (χ1n) is 13.0. The summed E-state index contributed by atoms with van der Waals surface area (Å²) in [5.74, 6) is 0. The molecule has 1 aromatic heterocycles. The van der Waals surface area contributed by atoms with E-state index in [4.69, 9.17) is 0 Å². The largest absolute Gasteiger partial charge is 0.355 e. The van der Waals surface area contributed by atoms with E-state index >= 15 is 0 Å². The third-order valence-electron chi connectivity index (χ3n) is 7.71. The molecule has 0 fully saturated rings. The van der Waals surface area contributed by atoms with Crippen LogP contribution in [-0.4, -0.2) is 4.57 Å². The van der Waals surface area contributed by atoms with Crippen LogP contribution in [0.3, 0.4) is 0 Å². The first-order chi connectivity index (χ1) is 18.8. The smallest absolute Gasteiger partial charge is 0.0542 e. The maximum atomic E-state index is 3.76. The third kappa shape index (κ3) is 3.21. The number of nitrogens with zero attached hydrogens (tertiary/aromatic N) is 1. The van der Waals surface area contributed by atoms with E-state index in [9.17, 15) is 0 Å². The fraction of sp³-hybridized carbons (Fsp3) is 0. The molecule has 0 radical (unpaired) electrons. The maximum absolute atomic E-state index is 3.76. The molecule has 1 N–H and O–H groups in total. The lowest BCUT2D eigenvalue weighted by Crippen LogP contribution is -1.95. The van der Waals surface area contributed by atoms with Crippen LogP contribution < -0.4 is 5.32 Å². The molecule has 8 aromatic rings. The standard InChI is InChI=1S/C36H24N2/c1-2-10-25-21-28(19-17-24(25)9-1)38-35-16-8-7-15-32(35)33-23-27(18-20-36(33)38)37-34-22-26-11-3-4-12-29(26)30-13-5-6-14-31(30)34/h1-23,37H. The Bertz CT molecular complexity index is 2170. The van der Waals surface area contributed by atoms with E-state index in [0.29, 0.717) is 0 Å². The van der Waals surface area contributed by atoms with E-state index in [-0.39, 0.29) is 0 Å². The van der Waals surface area contributed by atoms with Crippen LogP contribution in [-0.2, 0) is 0 Å². The van der Waals surface area contributed by atoms with E-state index in [0.717, 1.165) is 11.4 Å². The van der Waals surface area contributed by atoms with Crippen molar-refractivity contribution in [3.05, 3.63) is 140 Å². The Balaban J connectivity index is 1.31. The Kier molecular flexibility index (Phi) is 4.55. The number of aromatic nitrogens is 1. The van der Waals surface area contributed by atoms with E-state index in [2.05, 4.69) is 149 Å². The monoisotopic (exact) mass is 484 g/mol. The fourth-order valence-electron chi connectivity index (χ4n) is 5.96. The highest BCUT2D eigenvalue weighted by Crippen LogP contribution is 2.37. The lowest BCUT2D eigenvalue weighted by molar-refractivity contribution is 1.19. The van der Waals surface area contributed by atoms with E-state index < -0.39 is 0 Å². The molecule has 7 aromatic carbocycles. The zero-order valence-corrected chi connectivity index (χ0v) is 20.7. The SMILES string of the molecule is c1ccc2cc(-n3c4ccccc4c4cc(Nc5cc6ccccc6c6ccccc56)ccc43)ccc2c1. The van der Waals surface area contributed by atoms with Crippen LogP contribution in [0.1, 0.15) is 0 Å². The number of hydrogen-bond donors (Lipinski definition) is 1. The first-order valence-corrected chi connectivity index (χ1v) is 13.0. The average Bonchev–Trinajstić information content (AvgIpc) is 3.31. The molecule has 0 amide bonds. The van der Waals surface area contributed by atoms with Gasteiger partial charge in [0.05, 0.1) is 11.0 Å². The summed E-state index contributed by atoms with van der Waals surface area (Å²) in [5, 5.41) is 13.8. The van der Waals surface area contributed by atoms with Gasteiger partial charge in [0, 0.05) is 33.2 Å². The molecule has 0 aliphatic rings. The Morgan fingerprint density at radius 1 is 0.395 bits per heavy atom. The van der Waals surface area contributed by atoms with Crippen molar-refractivity contribution < 1.29 is 0 Å². The zero-order valence-electron chi connectivity index (χ0n) is 20.7. The van der Waals surface area contributed by atoms with Crippen LogP contribution in [0.2, 0.25) is 0 Å². The topological polar surface area (TPSA) is 17.0 Å². The summed E-state index contributed by atoms with van der Waals surface area (Å²) >= 11 is 0. The normalized spacial score (nSPS) is 11.7. The molecule has 0 aliphatic heterocycles. The summed E-state index contributed by atoms with van der Waals surface area (Å²) < 4.78 is 2.38. The minimum absolute atomic E-state index is 1.08. The maximum Gasteiger partial charge on any atom is 0.0542 e. The zero-order chi connectivity index (χ0) is 25.1. The van der Waals surface area contributed by atoms with Gasteiger partial charge in [0.25, 0.3) is 0 Å². The highest BCUT2D eigenvalue weighted by molar-refractivity contribution is 6.14. The number of anilines is 2. The van der Waals surface area contributed by atoms with Gasteiger partial charge in [-0.3, -0.25) is 0 Å². The third-order valence-corrected chi connectivity index (χ3v) is 7.71. The van der Waals surface area contributed by atoms with Crippen molar-refractivity contribution in [3.63, 3.8) is 0 Å². The van der Waals surface area contributed by atoms with Crippen molar-refractivity contribution in [2.75, 3.05) is 5.32 Å². The predicted molar refractivity (Wildman–Crippen MR) is 163 cm³/mol. The van der Waals surface area contributed by atoms with Crippen molar-refractivity contribution >= 4 is 65.5 Å². The lowest BCUT2D eigenvalue weighted by atomic mass is 10.00. The van der Waals surface area contributed by atoms with Crippen molar-refractivity contribution in [3.8, 4) is 5.69 Å². The number of rotatable bonds is 3. The van der Waals surface area contributed by atoms with Crippen molar-refractivity contribution in [1.29, 1.82) is 0 Å². The molecule has 0 spiro atoms. The molecule has 0 atom stereocenters. The number of hydrogen-bond acceptors (Lipinski definition) is 1. The molecule has 2 nitrogen and oxygen atoms in total. The van der Waals surface area contributed by atoms with Crippen LogP contribution in [0.25, 0.3) is 59.8 Å². The highest BCUT2D eigenvalue weighted by atomic mass is 15.0. The summed E-state index contributed by atoms with van der Waals surface area (Å²) in [6.45, 7) is 0. The second-order valence-electron chi connectivity index (χ2n) is 9.93. The van der Waals surface area contributed by atoms with Gasteiger partial charge < -0.3 is 9.88 Å². The molecule has 0 bridgehead atoms. The summed E-state index contributed by atoms with van der Waals surface area (Å²) in [6, 6.07) is 50.2. The van der Waals surface area contributed by atoms with E-state index in [1.54, 1.807) is 0 Å². The number of benzene rings is 7. The molecule has 0 saturated carbocycles. The van der Waals surface area contributed by atoms with Crippen LogP contribution in [0, 0.1) is 0 Å². The fourth-order valence-corrected chi connectivity index (χ4v) is 5.96. The van der Waals surface area contributed by atoms with Gasteiger partial charge in [-0.2, -0.15) is 0 Å². The van der Waals surface area contributed by atoms with Crippen LogP contribution in [0.4, 0.5) is 11.4 Å². The second kappa shape index (κ2) is 8.22. The van der Waals surface area contributed by atoms with Gasteiger partial charge in [-0.1, -0.05) is 97.1 Å². The molecule has 2 heteroatoms. The first kappa shape index (κ1) is 21.0. The number of fused-ring (bicyclic) bond motifs is 7. The number of para-hydroxylation sites is 1. The van der Waals surface area contributed by atoms with E-state index in [1.165, 1.54) is 59.8 Å². The summed E-state index contributed by atoms with van der Waals surface area (Å²) in [5.41, 5.74) is 5.80. The van der Waals surface area contributed by atoms with Gasteiger partial charge in [-0.05, 0) is 69.4 Å². The molecule has 8 rings (SSSR count). The Morgan fingerprint density at radius 2 is 1.05 bits per heavy atom. The Labute approximate surface area is 220 Å². The molecule has 38 heavy (non-hydrogen) atoms. The van der Waals surface area contributed by atoms with Gasteiger partial charge in [0.1, 0.15) is 0 Å². The summed E-state index contributed by atoms with van der Waals surface area (Å²) in [4.78, 5) is 0. The minimum atomic E-state index is 1.08. The Morgan fingerprint density at radius 3 is 1.92 bits per heavy atom. The van der Waals surface area contributed by atoms with Crippen LogP contribution >= 0.6 is 0 Å². The van der Waals surface area contributed by atoms with Crippen molar-refractivity contribution in [1.82, 2.24) is 4.57 Å². The van der Waals surface area contributed by atoms with Gasteiger partial charge >= 0.3 is 0 Å². The number of nitrogens with one attached hydrogen (secondary N) is 1. The average molecular weight is 485 g/mol. The van der Waals surface area contributed by atoms with Crippen molar-refractivity contribution in [2.24, 2.45) is 0 Å². The highest BCUT2D eigenvalue weighted by Gasteiger charge is 2.14. The molecule has 0 aliphatic carbocycles. The lowest BCUT2D eigenvalue weighted by Gasteiger charge is -2.13. The Hall–Kier alpha value is -5.08. The quantitative estimate of drug-likeness (QED) is 0.247. The van der Waals surface area contributed by atoms with E-state index in [1.807, 2.05) is 0 Å². The minimum Gasteiger partial charge on any atom is -0.355 e. The van der Waals surface area contributed by atoms with Gasteiger partial charge in [-0.15, -0.1) is 0 Å². The van der Waals surface area contributed by atoms with Gasteiger partial charge in [0.15, 0.2) is 0 Å². The van der Waals surface area contributed by atoms with Crippen molar-refractivity contribution in [2.45, 2.75) is 0 Å². The molecule has 1 heterocycles. The van der Waals surface area contributed by atoms with Gasteiger partial charge in [0.2, 0.25) is 0 Å². The molecule has 0 saturated heterocycles. The second-order valence-corrected chi connectivity index (χ2v) is 9.93. The van der Waals surface area contributed by atoms with Gasteiger partial charge in [-0.25, -0.2) is 0 Å². The molecular formula is C36H24N2. The molecular weight excluding hydrogens is 460 g/mol. The van der Waals surface area contributed by atoms with Crippen LogP contribution in [0.5, 0.6) is 0 Å². The predicted octanol–water partition coefficient (Wildman–Crippen LogP) is 9.99. The summed E-state index contributed by atoms with van der Waals surface area (Å²) in [6.07, 6.45) is 0. The molecule has 178 valence electrons.